The Kier molecular flexibility index (Phi) is 6.30. The first-order chi connectivity index (χ1) is 9.69. The Morgan fingerprint density at radius 1 is 1.20 bits per heavy atom. The highest BCUT2D eigenvalue weighted by Gasteiger charge is 2.25. The number of rotatable bonds is 6. The Hall–Kier alpha value is -0.610. The number of carbonyl (C=O) groups is 1. The summed E-state index contributed by atoms with van der Waals surface area (Å²) in [6.45, 7) is 8.57. The molecule has 4 heteroatoms. The molecule has 0 bridgehead atoms. The average molecular weight is 281 g/mol. The smallest absolute Gasteiger partial charge is 0.222 e. The van der Waals surface area contributed by atoms with E-state index in [1.165, 1.54) is 45.3 Å². The third-order valence-corrected chi connectivity index (χ3v) is 4.94. The number of nitrogens with two attached hydrogens (primary N) is 1. The summed E-state index contributed by atoms with van der Waals surface area (Å²) in [6, 6.07) is 0. The first-order valence-electron chi connectivity index (χ1n) is 8.39. The number of carbonyl (C=O) groups excluding carboxylic acids is 1. The van der Waals surface area contributed by atoms with Gasteiger partial charge in [0.2, 0.25) is 5.91 Å². The molecule has 0 aromatic carbocycles. The first kappa shape index (κ1) is 15.8. The van der Waals surface area contributed by atoms with Crippen molar-refractivity contribution in [3.63, 3.8) is 0 Å². The third-order valence-electron chi connectivity index (χ3n) is 4.94. The zero-order chi connectivity index (χ0) is 14.4. The van der Waals surface area contributed by atoms with Crippen LogP contribution in [0.1, 0.15) is 45.4 Å². The number of nitrogens with zero attached hydrogens (tertiary/aromatic N) is 2. The summed E-state index contributed by atoms with van der Waals surface area (Å²) in [5.41, 5.74) is 5.60. The lowest BCUT2D eigenvalue weighted by Crippen LogP contribution is -2.41. The molecular weight excluding hydrogens is 250 g/mol. The molecule has 2 saturated heterocycles. The fourth-order valence-corrected chi connectivity index (χ4v) is 3.34. The molecule has 0 aromatic heterocycles. The number of piperidine rings is 1. The maximum absolute atomic E-state index is 12.1. The summed E-state index contributed by atoms with van der Waals surface area (Å²) >= 11 is 0. The van der Waals surface area contributed by atoms with Crippen LogP contribution in [-0.2, 0) is 4.79 Å². The Morgan fingerprint density at radius 2 is 1.85 bits per heavy atom. The average Bonchev–Trinajstić information content (AvgIpc) is 2.98. The van der Waals surface area contributed by atoms with Crippen molar-refractivity contribution in [1.29, 1.82) is 0 Å². The van der Waals surface area contributed by atoms with Crippen LogP contribution >= 0.6 is 0 Å². The van der Waals surface area contributed by atoms with Crippen molar-refractivity contribution in [1.82, 2.24) is 9.80 Å². The van der Waals surface area contributed by atoms with Gasteiger partial charge in [0, 0.05) is 26.1 Å². The van der Waals surface area contributed by atoms with Crippen LogP contribution in [-0.4, -0.2) is 55.0 Å². The normalized spacial score (nSPS) is 23.2. The molecular formula is C16H31N3O. The number of amides is 1. The van der Waals surface area contributed by atoms with E-state index in [1.54, 1.807) is 0 Å². The zero-order valence-corrected chi connectivity index (χ0v) is 13.0. The minimum Gasteiger partial charge on any atom is -0.343 e. The van der Waals surface area contributed by atoms with Crippen LogP contribution in [0.3, 0.4) is 0 Å². The molecule has 2 fully saturated rings. The summed E-state index contributed by atoms with van der Waals surface area (Å²) in [7, 11) is 0. The largest absolute Gasteiger partial charge is 0.343 e. The van der Waals surface area contributed by atoms with Crippen molar-refractivity contribution < 1.29 is 4.79 Å². The van der Waals surface area contributed by atoms with Crippen LogP contribution in [0, 0.1) is 11.8 Å². The lowest BCUT2D eigenvalue weighted by atomic mass is 9.95. The van der Waals surface area contributed by atoms with Crippen LogP contribution in [0.5, 0.6) is 0 Å². The molecule has 0 spiro atoms. The van der Waals surface area contributed by atoms with Crippen molar-refractivity contribution in [3.8, 4) is 0 Å². The maximum atomic E-state index is 12.1. The van der Waals surface area contributed by atoms with Crippen LogP contribution in [0.4, 0.5) is 0 Å². The predicted octanol–water partition coefficient (Wildman–Crippen LogP) is 1.70. The molecule has 2 rings (SSSR count). The van der Waals surface area contributed by atoms with E-state index in [0.717, 1.165) is 25.4 Å². The Labute approximate surface area is 123 Å². The monoisotopic (exact) mass is 281 g/mol. The van der Waals surface area contributed by atoms with Gasteiger partial charge in [-0.2, -0.15) is 0 Å². The van der Waals surface area contributed by atoms with Gasteiger partial charge < -0.3 is 15.5 Å². The molecule has 20 heavy (non-hydrogen) atoms. The summed E-state index contributed by atoms with van der Waals surface area (Å²) in [5, 5.41) is 0. The van der Waals surface area contributed by atoms with Crippen LogP contribution in [0.25, 0.3) is 0 Å². The van der Waals surface area contributed by atoms with Crippen molar-refractivity contribution in [2.24, 2.45) is 17.6 Å². The molecule has 1 unspecified atom stereocenters. The van der Waals surface area contributed by atoms with Gasteiger partial charge in [-0.1, -0.05) is 6.92 Å². The number of likely N-dealkylation sites (tertiary alicyclic amines) is 2. The highest BCUT2D eigenvalue weighted by atomic mass is 16.2. The van der Waals surface area contributed by atoms with Gasteiger partial charge in [-0.05, 0) is 63.6 Å². The van der Waals surface area contributed by atoms with Gasteiger partial charge in [0.25, 0.3) is 0 Å². The topological polar surface area (TPSA) is 49.6 Å². The summed E-state index contributed by atoms with van der Waals surface area (Å²) in [4.78, 5) is 16.8. The highest BCUT2D eigenvalue weighted by molar-refractivity contribution is 5.76. The lowest BCUT2D eigenvalue weighted by Gasteiger charge is -2.34. The van der Waals surface area contributed by atoms with Gasteiger partial charge in [-0.15, -0.1) is 0 Å². The fourth-order valence-electron chi connectivity index (χ4n) is 3.34. The SMILES string of the molecule is CC(CN)CCC(=O)N1CCC(CN2CCCC2)CC1. The highest BCUT2D eigenvalue weighted by Crippen LogP contribution is 2.21. The fraction of sp³-hybridized carbons (Fsp3) is 0.938. The molecule has 0 aliphatic carbocycles. The molecule has 2 aliphatic rings. The van der Waals surface area contributed by atoms with Gasteiger partial charge in [-0.25, -0.2) is 0 Å². The van der Waals surface area contributed by atoms with Gasteiger partial charge in [0.05, 0.1) is 0 Å². The molecule has 2 aliphatic heterocycles. The molecule has 0 aromatic rings. The molecule has 1 amide bonds. The molecule has 0 saturated carbocycles. The van der Waals surface area contributed by atoms with Crippen molar-refractivity contribution in [2.75, 3.05) is 39.3 Å². The van der Waals surface area contributed by atoms with Crippen molar-refractivity contribution in [2.45, 2.75) is 45.4 Å². The van der Waals surface area contributed by atoms with Crippen LogP contribution < -0.4 is 5.73 Å². The Bertz CT molecular complexity index is 294. The molecule has 2 N–H and O–H groups in total. The molecule has 2 heterocycles. The minimum atomic E-state index is 0.338. The summed E-state index contributed by atoms with van der Waals surface area (Å²) in [5.74, 6) is 1.61. The Morgan fingerprint density at radius 3 is 2.45 bits per heavy atom. The van der Waals surface area contributed by atoms with Crippen molar-refractivity contribution in [3.05, 3.63) is 0 Å². The summed E-state index contributed by atoms with van der Waals surface area (Å²) in [6.07, 6.45) is 6.73. The zero-order valence-electron chi connectivity index (χ0n) is 13.0. The second kappa shape index (κ2) is 7.99. The van der Waals surface area contributed by atoms with Gasteiger partial charge in [0.1, 0.15) is 0 Å². The second-order valence-electron chi connectivity index (χ2n) is 6.71. The maximum Gasteiger partial charge on any atom is 0.222 e. The van der Waals surface area contributed by atoms with E-state index in [4.69, 9.17) is 5.73 Å². The second-order valence-corrected chi connectivity index (χ2v) is 6.71. The van der Waals surface area contributed by atoms with E-state index in [1.807, 2.05) is 0 Å². The van der Waals surface area contributed by atoms with Gasteiger partial charge in [0.15, 0.2) is 0 Å². The van der Waals surface area contributed by atoms with E-state index in [0.29, 0.717) is 24.8 Å². The van der Waals surface area contributed by atoms with Gasteiger partial charge >= 0.3 is 0 Å². The third kappa shape index (κ3) is 4.74. The summed E-state index contributed by atoms with van der Waals surface area (Å²) < 4.78 is 0. The molecule has 116 valence electrons. The van der Waals surface area contributed by atoms with Crippen molar-refractivity contribution >= 4 is 5.91 Å². The van der Waals surface area contributed by atoms with Crippen LogP contribution in [0.15, 0.2) is 0 Å². The first-order valence-corrected chi connectivity index (χ1v) is 8.39. The molecule has 1 atom stereocenters. The van der Waals surface area contributed by atoms with E-state index in [-0.39, 0.29) is 0 Å². The van der Waals surface area contributed by atoms with E-state index in [2.05, 4.69) is 16.7 Å². The van der Waals surface area contributed by atoms with Gasteiger partial charge in [-0.3, -0.25) is 4.79 Å². The standard InChI is InChI=1S/C16H31N3O/c1-14(12-17)4-5-16(20)19-10-6-15(7-11-19)13-18-8-2-3-9-18/h14-15H,2-13,17H2,1H3. The number of hydrogen-bond acceptors (Lipinski definition) is 3. The molecule has 0 radical (unpaired) electrons. The Balaban J connectivity index is 1.64. The predicted molar refractivity (Wildman–Crippen MR) is 82.4 cm³/mol. The van der Waals surface area contributed by atoms with E-state index in [9.17, 15) is 4.79 Å². The van der Waals surface area contributed by atoms with E-state index < -0.39 is 0 Å². The number of hydrogen-bond donors (Lipinski definition) is 1. The van der Waals surface area contributed by atoms with E-state index >= 15 is 0 Å². The van der Waals surface area contributed by atoms with Crippen LogP contribution in [0.2, 0.25) is 0 Å². The minimum absolute atomic E-state index is 0.338. The lowest BCUT2D eigenvalue weighted by molar-refractivity contribution is -0.132. The molecule has 4 nitrogen and oxygen atoms in total. The quantitative estimate of drug-likeness (QED) is 0.806.